The first-order chi connectivity index (χ1) is 12.9. The maximum absolute atomic E-state index is 12.4. The number of ether oxygens (including phenoxy) is 1. The molecule has 1 aromatic heterocycles. The standard InChI is InChI=1S/C22H31N3O2/c1-22(2,3)27-21(26)25-18(14-16-10-6-4-7-11-16)20-23-15-19(24-20)17-12-8-5-9-13-17/h5,8-9,12-13,15-16,18H,4,6-7,10-11,14H2,1-3H3,(H,23,24)(H,25,26). The molecule has 1 aliphatic carbocycles. The summed E-state index contributed by atoms with van der Waals surface area (Å²) in [7, 11) is 0. The molecule has 0 spiro atoms. The Morgan fingerprint density at radius 2 is 1.93 bits per heavy atom. The molecule has 1 saturated carbocycles. The van der Waals surface area contributed by atoms with E-state index in [-0.39, 0.29) is 12.1 Å². The summed E-state index contributed by atoms with van der Waals surface area (Å²) >= 11 is 0. The molecule has 1 amide bonds. The van der Waals surface area contributed by atoms with Crippen LogP contribution in [0.2, 0.25) is 0 Å². The summed E-state index contributed by atoms with van der Waals surface area (Å²) in [4.78, 5) is 20.4. The molecule has 1 aliphatic rings. The fourth-order valence-corrected chi connectivity index (χ4v) is 3.72. The van der Waals surface area contributed by atoms with Crippen LogP contribution >= 0.6 is 0 Å². The maximum atomic E-state index is 12.4. The Hall–Kier alpha value is -2.30. The molecule has 146 valence electrons. The van der Waals surface area contributed by atoms with Crippen molar-refractivity contribution in [2.24, 2.45) is 5.92 Å². The zero-order valence-electron chi connectivity index (χ0n) is 16.6. The number of aromatic amines is 1. The summed E-state index contributed by atoms with van der Waals surface area (Å²) in [5.41, 5.74) is 1.54. The van der Waals surface area contributed by atoms with Crippen LogP contribution in [0.25, 0.3) is 11.3 Å². The Morgan fingerprint density at radius 1 is 1.22 bits per heavy atom. The first-order valence-corrected chi connectivity index (χ1v) is 10.0. The molecule has 3 rings (SSSR count). The third-order valence-corrected chi connectivity index (χ3v) is 5.00. The largest absolute Gasteiger partial charge is 0.444 e. The summed E-state index contributed by atoms with van der Waals surface area (Å²) in [5, 5.41) is 3.05. The minimum absolute atomic E-state index is 0.166. The number of amides is 1. The average Bonchev–Trinajstić information content (AvgIpc) is 3.11. The van der Waals surface area contributed by atoms with Crippen molar-refractivity contribution >= 4 is 6.09 Å². The molecule has 27 heavy (non-hydrogen) atoms. The Morgan fingerprint density at radius 3 is 2.59 bits per heavy atom. The number of rotatable bonds is 5. The second-order valence-electron chi connectivity index (χ2n) is 8.49. The van der Waals surface area contributed by atoms with Crippen molar-refractivity contribution < 1.29 is 9.53 Å². The van der Waals surface area contributed by atoms with Gasteiger partial charge in [0.25, 0.3) is 0 Å². The number of hydrogen-bond acceptors (Lipinski definition) is 3. The number of aromatic nitrogens is 2. The lowest BCUT2D eigenvalue weighted by Crippen LogP contribution is -2.36. The molecule has 5 heteroatoms. The molecule has 5 nitrogen and oxygen atoms in total. The lowest BCUT2D eigenvalue weighted by Gasteiger charge is -2.27. The summed E-state index contributed by atoms with van der Waals surface area (Å²) in [6.45, 7) is 5.63. The predicted molar refractivity (Wildman–Crippen MR) is 107 cm³/mol. The van der Waals surface area contributed by atoms with E-state index in [2.05, 4.69) is 27.4 Å². The van der Waals surface area contributed by atoms with E-state index in [1.165, 1.54) is 32.1 Å². The first-order valence-electron chi connectivity index (χ1n) is 10.0. The van der Waals surface area contributed by atoms with Crippen LogP contribution in [-0.2, 0) is 4.74 Å². The van der Waals surface area contributed by atoms with Crippen LogP contribution in [0.5, 0.6) is 0 Å². The van der Waals surface area contributed by atoms with Crippen molar-refractivity contribution in [2.75, 3.05) is 0 Å². The number of imidazole rings is 1. The lowest BCUT2D eigenvalue weighted by molar-refractivity contribution is 0.0491. The number of carbonyl (C=O) groups is 1. The number of nitrogens with zero attached hydrogens (tertiary/aromatic N) is 1. The highest BCUT2D eigenvalue weighted by atomic mass is 16.6. The van der Waals surface area contributed by atoms with E-state index < -0.39 is 5.60 Å². The van der Waals surface area contributed by atoms with Crippen molar-refractivity contribution in [1.29, 1.82) is 0 Å². The fourth-order valence-electron chi connectivity index (χ4n) is 3.72. The van der Waals surface area contributed by atoms with Gasteiger partial charge in [0, 0.05) is 0 Å². The Bertz CT molecular complexity index is 728. The monoisotopic (exact) mass is 369 g/mol. The second kappa shape index (κ2) is 8.59. The van der Waals surface area contributed by atoms with E-state index in [1.54, 1.807) is 0 Å². The maximum Gasteiger partial charge on any atom is 0.408 e. The van der Waals surface area contributed by atoms with Crippen molar-refractivity contribution in [3.63, 3.8) is 0 Å². The Kier molecular flexibility index (Phi) is 6.19. The van der Waals surface area contributed by atoms with Gasteiger partial charge in [-0.2, -0.15) is 0 Å². The minimum Gasteiger partial charge on any atom is -0.444 e. The number of benzene rings is 1. The van der Waals surface area contributed by atoms with Gasteiger partial charge in [-0.05, 0) is 38.7 Å². The van der Waals surface area contributed by atoms with E-state index in [1.807, 2.05) is 45.2 Å². The molecule has 2 N–H and O–H groups in total. The molecule has 2 aromatic rings. The summed E-state index contributed by atoms with van der Waals surface area (Å²) in [6, 6.07) is 9.95. The predicted octanol–water partition coefficient (Wildman–Crippen LogP) is 5.61. The van der Waals surface area contributed by atoms with Gasteiger partial charge in [-0.15, -0.1) is 0 Å². The normalized spacial score (nSPS) is 16.7. The van der Waals surface area contributed by atoms with Gasteiger partial charge < -0.3 is 15.0 Å². The third kappa shape index (κ3) is 5.84. The van der Waals surface area contributed by atoms with Gasteiger partial charge in [0.15, 0.2) is 0 Å². The van der Waals surface area contributed by atoms with E-state index in [0.717, 1.165) is 23.5 Å². The van der Waals surface area contributed by atoms with Gasteiger partial charge in [-0.3, -0.25) is 0 Å². The average molecular weight is 370 g/mol. The molecule has 1 fully saturated rings. The highest BCUT2D eigenvalue weighted by Gasteiger charge is 2.26. The molecule has 0 aliphatic heterocycles. The van der Waals surface area contributed by atoms with Crippen LogP contribution in [0.3, 0.4) is 0 Å². The number of nitrogens with one attached hydrogen (secondary N) is 2. The number of hydrogen-bond donors (Lipinski definition) is 2. The molecular weight excluding hydrogens is 338 g/mol. The van der Waals surface area contributed by atoms with Crippen LogP contribution in [0.4, 0.5) is 4.79 Å². The molecule has 1 heterocycles. The Labute approximate surface area is 161 Å². The molecule has 1 aromatic carbocycles. The lowest BCUT2D eigenvalue weighted by atomic mass is 9.84. The van der Waals surface area contributed by atoms with Crippen LogP contribution < -0.4 is 5.32 Å². The van der Waals surface area contributed by atoms with Gasteiger partial charge in [-0.1, -0.05) is 62.4 Å². The third-order valence-electron chi connectivity index (χ3n) is 5.00. The van der Waals surface area contributed by atoms with E-state index in [4.69, 9.17) is 4.74 Å². The first kappa shape index (κ1) is 19.5. The second-order valence-corrected chi connectivity index (χ2v) is 8.49. The molecule has 0 radical (unpaired) electrons. The minimum atomic E-state index is -0.516. The molecule has 1 unspecified atom stereocenters. The zero-order valence-corrected chi connectivity index (χ0v) is 16.6. The topological polar surface area (TPSA) is 67.0 Å². The molecule has 0 saturated heterocycles. The Balaban J connectivity index is 1.76. The van der Waals surface area contributed by atoms with Gasteiger partial charge >= 0.3 is 6.09 Å². The summed E-state index contributed by atoms with van der Waals surface area (Å²) in [6.07, 6.45) is 8.66. The van der Waals surface area contributed by atoms with Crippen LogP contribution in [0.1, 0.15) is 71.2 Å². The quantitative estimate of drug-likeness (QED) is 0.719. The van der Waals surface area contributed by atoms with Gasteiger partial charge in [-0.25, -0.2) is 9.78 Å². The van der Waals surface area contributed by atoms with Gasteiger partial charge in [0.2, 0.25) is 0 Å². The van der Waals surface area contributed by atoms with Crippen molar-refractivity contribution in [3.05, 3.63) is 42.4 Å². The number of H-pyrrole nitrogens is 1. The van der Waals surface area contributed by atoms with Crippen molar-refractivity contribution in [2.45, 2.75) is 70.9 Å². The highest BCUT2D eigenvalue weighted by molar-refractivity contribution is 5.68. The zero-order chi connectivity index (χ0) is 19.3. The molecular formula is C22H31N3O2. The van der Waals surface area contributed by atoms with E-state index >= 15 is 0 Å². The smallest absolute Gasteiger partial charge is 0.408 e. The highest BCUT2D eigenvalue weighted by Crippen LogP contribution is 2.32. The summed E-state index contributed by atoms with van der Waals surface area (Å²) in [5.74, 6) is 1.41. The molecule has 0 bridgehead atoms. The van der Waals surface area contributed by atoms with Gasteiger partial charge in [0.1, 0.15) is 11.4 Å². The number of alkyl carbamates (subject to hydrolysis) is 1. The van der Waals surface area contributed by atoms with Crippen molar-refractivity contribution in [1.82, 2.24) is 15.3 Å². The van der Waals surface area contributed by atoms with Crippen LogP contribution in [0.15, 0.2) is 36.5 Å². The molecule has 1 atom stereocenters. The summed E-state index contributed by atoms with van der Waals surface area (Å²) < 4.78 is 5.48. The van der Waals surface area contributed by atoms with Crippen LogP contribution in [0, 0.1) is 5.92 Å². The van der Waals surface area contributed by atoms with E-state index in [0.29, 0.717) is 5.92 Å². The number of carbonyl (C=O) groups excluding carboxylic acids is 1. The van der Waals surface area contributed by atoms with Crippen LogP contribution in [-0.4, -0.2) is 21.7 Å². The SMILES string of the molecule is CC(C)(C)OC(=O)NC(CC1CCCCC1)c1ncc(-c2ccccc2)[nH]1. The van der Waals surface area contributed by atoms with Gasteiger partial charge in [0.05, 0.1) is 17.9 Å². The fraction of sp³-hybridized carbons (Fsp3) is 0.545. The van der Waals surface area contributed by atoms with Crippen molar-refractivity contribution in [3.8, 4) is 11.3 Å². The van der Waals surface area contributed by atoms with E-state index in [9.17, 15) is 4.79 Å².